The zero-order chi connectivity index (χ0) is 26.6. The van der Waals surface area contributed by atoms with E-state index in [0.29, 0.717) is 25.2 Å². The van der Waals surface area contributed by atoms with Gasteiger partial charge in [-0.05, 0) is 84.9 Å². The lowest BCUT2D eigenvalue weighted by molar-refractivity contribution is -0.273. The van der Waals surface area contributed by atoms with Crippen LogP contribution in [0.25, 0.3) is 0 Å². The van der Waals surface area contributed by atoms with Crippen molar-refractivity contribution in [2.45, 2.75) is 105 Å². The van der Waals surface area contributed by atoms with E-state index < -0.39 is 40.5 Å². The average molecular weight is 505 g/mol. The molecule has 4 saturated carbocycles. The van der Waals surface area contributed by atoms with Gasteiger partial charge in [-0.1, -0.05) is 53.2 Å². The van der Waals surface area contributed by atoms with E-state index in [1.165, 1.54) is 5.57 Å². The van der Waals surface area contributed by atoms with Gasteiger partial charge in [0, 0.05) is 11.3 Å². The minimum absolute atomic E-state index is 0.000534. The van der Waals surface area contributed by atoms with Gasteiger partial charge >= 0.3 is 5.97 Å². The number of hydrogen-bond donors (Lipinski definition) is 5. The van der Waals surface area contributed by atoms with E-state index in [2.05, 4.69) is 40.7 Å². The van der Waals surface area contributed by atoms with Crippen LogP contribution in [-0.4, -0.2) is 56.4 Å². The lowest BCUT2D eigenvalue weighted by Gasteiger charge is -2.72. The molecule has 0 aromatic heterocycles. The zero-order valence-corrected chi connectivity index (χ0v) is 23.0. The van der Waals surface area contributed by atoms with E-state index in [1.54, 1.807) is 0 Å². The molecular formula is C30H48O6. The lowest BCUT2D eigenvalue weighted by Crippen LogP contribution is -2.71. The van der Waals surface area contributed by atoms with Crippen LogP contribution in [0.2, 0.25) is 0 Å². The molecule has 0 saturated heterocycles. The summed E-state index contributed by atoms with van der Waals surface area (Å²) < 4.78 is 0. The molecule has 6 heteroatoms. The van der Waals surface area contributed by atoms with Crippen LogP contribution >= 0.6 is 0 Å². The van der Waals surface area contributed by atoms with Crippen molar-refractivity contribution >= 4 is 5.97 Å². The minimum Gasteiger partial charge on any atom is -0.481 e. The summed E-state index contributed by atoms with van der Waals surface area (Å²) in [5.41, 5.74) is -1.41. The molecule has 36 heavy (non-hydrogen) atoms. The normalized spacial score (nSPS) is 58.6. The molecule has 5 aliphatic carbocycles. The smallest absolute Gasteiger partial charge is 0.310 e. The van der Waals surface area contributed by atoms with Crippen molar-refractivity contribution in [1.82, 2.24) is 0 Å². The van der Waals surface area contributed by atoms with Gasteiger partial charge in [0.1, 0.15) is 0 Å². The Hall–Kier alpha value is -0.950. The molecule has 0 amide bonds. The highest BCUT2D eigenvalue weighted by Crippen LogP contribution is 2.75. The predicted molar refractivity (Wildman–Crippen MR) is 137 cm³/mol. The number of aliphatic carboxylic acids is 1. The second kappa shape index (κ2) is 8.03. The fraction of sp³-hybridized carbons (Fsp3) is 0.900. The second-order valence-corrected chi connectivity index (χ2v) is 14.6. The van der Waals surface area contributed by atoms with E-state index in [4.69, 9.17) is 0 Å². The third kappa shape index (κ3) is 2.96. The largest absolute Gasteiger partial charge is 0.481 e. The van der Waals surface area contributed by atoms with Gasteiger partial charge in [0.25, 0.3) is 0 Å². The van der Waals surface area contributed by atoms with Gasteiger partial charge in [-0.2, -0.15) is 0 Å². The molecule has 13 atom stereocenters. The Morgan fingerprint density at radius 1 is 1.00 bits per heavy atom. The molecule has 5 N–H and O–H groups in total. The molecule has 0 radical (unpaired) electrons. The van der Waals surface area contributed by atoms with Crippen LogP contribution in [0.15, 0.2) is 11.6 Å². The first-order chi connectivity index (χ1) is 16.6. The maximum absolute atomic E-state index is 12.8. The summed E-state index contributed by atoms with van der Waals surface area (Å²) in [6, 6.07) is 0. The molecule has 0 spiro atoms. The van der Waals surface area contributed by atoms with Crippen LogP contribution in [0.4, 0.5) is 0 Å². The van der Waals surface area contributed by atoms with E-state index in [-0.39, 0.29) is 41.1 Å². The standard InChI is InChI=1S/C30H48O6/c1-16-9-10-30(25(35)36)12-11-28(5)18(22(30)17(16)2)7-8-21-26(3)13-20(33)24(34)27(4,15-31)23(26)19(32)14-29(21,28)6/h7,16-17,19-24,31-34H,8-15H2,1-6H3,(H,35,36)/t16-,17-,19-,20-,21+,22+,23+,24-,26-,27+,28+,29+,30-/m1/s1. The van der Waals surface area contributed by atoms with Crippen LogP contribution in [-0.2, 0) is 4.79 Å². The number of allylic oxidation sites excluding steroid dienone is 2. The van der Waals surface area contributed by atoms with Crippen LogP contribution in [0.5, 0.6) is 0 Å². The van der Waals surface area contributed by atoms with Crippen molar-refractivity contribution in [3.05, 3.63) is 11.6 Å². The Balaban J connectivity index is 1.65. The Kier molecular flexibility index (Phi) is 5.95. The number of carbonyl (C=O) groups is 1. The Morgan fingerprint density at radius 2 is 1.67 bits per heavy atom. The van der Waals surface area contributed by atoms with E-state index in [9.17, 15) is 30.3 Å². The van der Waals surface area contributed by atoms with Crippen molar-refractivity contribution in [2.75, 3.05) is 6.61 Å². The van der Waals surface area contributed by atoms with Gasteiger partial charge in [0.15, 0.2) is 0 Å². The van der Waals surface area contributed by atoms with Crippen LogP contribution in [0.1, 0.15) is 86.5 Å². The molecule has 0 heterocycles. The highest BCUT2D eigenvalue weighted by atomic mass is 16.4. The van der Waals surface area contributed by atoms with Crippen molar-refractivity contribution in [3.63, 3.8) is 0 Å². The first-order valence-corrected chi connectivity index (χ1v) is 14.2. The van der Waals surface area contributed by atoms with E-state index >= 15 is 0 Å². The fourth-order valence-corrected chi connectivity index (χ4v) is 11.2. The maximum Gasteiger partial charge on any atom is 0.310 e. The van der Waals surface area contributed by atoms with Gasteiger partial charge < -0.3 is 25.5 Å². The topological polar surface area (TPSA) is 118 Å². The van der Waals surface area contributed by atoms with Crippen molar-refractivity contribution < 1.29 is 30.3 Å². The number of carboxylic acid groups (broad SMARTS) is 1. The number of fused-ring (bicyclic) bond motifs is 7. The summed E-state index contributed by atoms with van der Waals surface area (Å²) >= 11 is 0. The number of aliphatic hydroxyl groups excluding tert-OH is 4. The molecule has 0 aromatic rings. The molecule has 6 nitrogen and oxygen atoms in total. The first kappa shape index (κ1) is 26.6. The minimum atomic E-state index is -1.08. The predicted octanol–water partition coefficient (Wildman–Crippen LogP) is 4.00. The number of aliphatic hydroxyl groups is 4. The van der Waals surface area contributed by atoms with Gasteiger partial charge in [0.05, 0.1) is 30.3 Å². The van der Waals surface area contributed by atoms with Crippen LogP contribution < -0.4 is 0 Å². The van der Waals surface area contributed by atoms with Gasteiger partial charge in [-0.3, -0.25) is 4.79 Å². The Morgan fingerprint density at radius 3 is 2.28 bits per heavy atom. The molecule has 204 valence electrons. The SMILES string of the molecule is C[C@@H]1[C@H](C)CC[C@@]2(C(=O)O)CC[C@@]3(C)C(=CC[C@H]4[C@@]5(C)C[C@@H](O)[C@@H](O)[C@@](C)(CO)[C@H]5[C@H](O)C[C@@]43C)[C@H]12. The summed E-state index contributed by atoms with van der Waals surface area (Å²) in [7, 11) is 0. The fourth-order valence-electron chi connectivity index (χ4n) is 11.2. The Labute approximate surface area is 216 Å². The molecule has 5 aliphatic rings. The van der Waals surface area contributed by atoms with Crippen molar-refractivity contribution in [1.29, 1.82) is 0 Å². The lowest BCUT2D eigenvalue weighted by atomic mass is 9.32. The maximum atomic E-state index is 12.8. The monoisotopic (exact) mass is 504 g/mol. The molecule has 0 aliphatic heterocycles. The van der Waals surface area contributed by atoms with Gasteiger partial charge in [-0.25, -0.2) is 0 Å². The molecule has 0 aromatic carbocycles. The van der Waals surface area contributed by atoms with E-state index in [1.807, 2.05) is 6.92 Å². The third-order valence-electron chi connectivity index (χ3n) is 13.4. The molecule has 4 fully saturated rings. The third-order valence-corrected chi connectivity index (χ3v) is 13.4. The van der Waals surface area contributed by atoms with E-state index in [0.717, 1.165) is 25.7 Å². The summed E-state index contributed by atoms with van der Waals surface area (Å²) in [6.45, 7) is 12.8. The highest BCUT2D eigenvalue weighted by molar-refractivity contribution is 5.76. The average Bonchev–Trinajstić information content (AvgIpc) is 2.80. The first-order valence-electron chi connectivity index (χ1n) is 14.2. The Bertz CT molecular complexity index is 963. The number of hydrogen-bond acceptors (Lipinski definition) is 5. The van der Waals surface area contributed by atoms with Crippen molar-refractivity contribution in [2.24, 2.45) is 56.7 Å². The highest BCUT2D eigenvalue weighted by Gasteiger charge is 2.72. The van der Waals surface area contributed by atoms with Gasteiger partial charge in [0.2, 0.25) is 0 Å². The molecule has 0 unspecified atom stereocenters. The second-order valence-electron chi connectivity index (χ2n) is 14.6. The zero-order valence-electron chi connectivity index (χ0n) is 23.0. The summed E-state index contributed by atoms with van der Waals surface area (Å²) in [5, 5.41) is 54.7. The summed E-state index contributed by atoms with van der Waals surface area (Å²) in [5.74, 6) is -0.0914. The van der Waals surface area contributed by atoms with Crippen LogP contribution in [0.3, 0.4) is 0 Å². The molecular weight excluding hydrogens is 456 g/mol. The molecule has 5 rings (SSSR count). The van der Waals surface area contributed by atoms with Crippen molar-refractivity contribution in [3.8, 4) is 0 Å². The quantitative estimate of drug-likeness (QED) is 0.363. The summed E-state index contributed by atoms with van der Waals surface area (Å²) in [4.78, 5) is 12.8. The molecule has 0 bridgehead atoms. The van der Waals surface area contributed by atoms with Crippen LogP contribution in [0, 0.1) is 56.7 Å². The number of carboxylic acids is 1. The number of rotatable bonds is 2. The summed E-state index contributed by atoms with van der Waals surface area (Å²) in [6.07, 6.45) is 4.44. The van der Waals surface area contributed by atoms with Gasteiger partial charge in [-0.15, -0.1) is 0 Å².